The summed E-state index contributed by atoms with van der Waals surface area (Å²) in [6.07, 6.45) is 0. The number of hydrogen-bond acceptors (Lipinski definition) is 1. The topological polar surface area (TPSA) is 26.0 Å². The van der Waals surface area contributed by atoms with E-state index in [0.717, 1.165) is 0 Å². The SMILES string of the molecule is Cl.NCC(Cl)CCl. The average Bonchev–Trinajstić information content (AvgIpc) is 1.65. The van der Waals surface area contributed by atoms with Gasteiger partial charge in [0.1, 0.15) is 0 Å². The molecule has 0 aliphatic rings. The van der Waals surface area contributed by atoms with E-state index in [1.165, 1.54) is 0 Å². The molecule has 4 heteroatoms. The molecule has 46 valence electrons. The van der Waals surface area contributed by atoms with Crippen LogP contribution in [0.4, 0.5) is 0 Å². The third kappa shape index (κ3) is 6.83. The van der Waals surface area contributed by atoms with Crippen molar-refractivity contribution in [2.24, 2.45) is 5.73 Å². The van der Waals surface area contributed by atoms with E-state index < -0.39 is 0 Å². The summed E-state index contributed by atoms with van der Waals surface area (Å²) in [5.41, 5.74) is 5.07. The average molecular weight is 164 g/mol. The maximum Gasteiger partial charge on any atom is 0.0593 e. The normalized spacial score (nSPS) is 12.4. The molecule has 0 rings (SSSR count). The molecule has 0 aromatic heterocycles. The van der Waals surface area contributed by atoms with Crippen LogP contribution in [0.15, 0.2) is 0 Å². The quantitative estimate of drug-likeness (QED) is 0.610. The molecule has 0 aliphatic carbocycles. The van der Waals surface area contributed by atoms with Crippen molar-refractivity contribution >= 4 is 35.6 Å². The first-order chi connectivity index (χ1) is 2.81. The van der Waals surface area contributed by atoms with Crippen LogP contribution in [0.1, 0.15) is 0 Å². The highest BCUT2D eigenvalue weighted by Crippen LogP contribution is 1.93. The van der Waals surface area contributed by atoms with Crippen molar-refractivity contribution in [2.75, 3.05) is 12.4 Å². The zero-order chi connectivity index (χ0) is 4.99. The van der Waals surface area contributed by atoms with E-state index in [1.807, 2.05) is 0 Å². The van der Waals surface area contributed by atoms with Gasteiger partial charge >= 0.3 is 0 Å². The van der Waals surface area contributed by atoms with E-state index in [4.69, 9.17) is 28.9 Å². The Kier molecular flexibility index (Phi) is 10.5. The summed E-state index contributed by atoms with van der Waals surface area (Å²) in [5.74, 6) is 0.443. The first-order valence-electron chi connectivity index (χ1n) is 1.71. The van der Waals surface area contributed by atoms with Crippen molar-refractivity contribution in [1.29, 1.82) is 0 Å². The summed E-state index contributed by atoms with van der Waals surface area (Å²) in [6.45, 7) is 0.463. The van der Waals surface area contributed by atoms with Crippen molar-refractivity contribution in [3.63, 3.8) is 0 Å². The minimum absolute atomic E-state index is 0. The van der Waals surface area contributed by atoms with E-state index >= 15 is 0 Å². The fourth-order valence-corrected chi connectivity index (χ4v) is 0.189. The summed E-state index contributed by atoms with van der Waals surface area (Å²) >= 11 is 10.6. The molecule has 0 aromatic rings. The van der Waals surface area contributed by atoms with E-state index in [1.54, 1.807) is 0 Å². The lowest BCUT2D eigenvalue weighted by Gasteiger charge is -1.94. The number of alkyl halides is 2. The number of rotatable bonds is 2. The van der Waals surface area contributed by atoms with Gasteiger partial charge in [-0.3, -0.25) is 0 Å². The molecular weight excluding hydrogens is 156 g/mol. The second-order valence-electron chi connectivity index (χ2n) is 0.987. The molecule has 0 bridgehead atoms. The van der Waals surface area contributed by atoms with Crippen LogP contribution < -0.4 is 5.73 Å². The molecule has 0 saturated heterocycles. The highest BCUT2D eigenvalue weighted by Gasteiger charge is 1.93. The van der Waals surface area contributed by atoms with Crippen LogP contribution in [-0.4, -0.2) is 17.8 Å². The lowest BCUT2D eigenvalue weighted by Crippen LogP contribution is -2.14. The third-order valence-electron chi connectivity index (χ3n) is 0.423. The smallest absolute Gasteiger partial charge is 0.0593 e. The largest absolute Gasteiger partial charge is 0.329 e. The molecule has 0 spiro atoms. The van der Waals surface area contributed by atoms with Gasteiger partial charge in [-0.1, -0.05) is 0 Å². The minimum atomic E-state index is -0.0494. The third-order valence-corrected chi connectivity index (χ3v) is 1.29. The Morgan fingerprint density at radius 2 is 2.00 bits per heavy atom. The van der Waals surface area contributed by atoms with Gasteiger partial charge in [0, 0.05) is 12.4 Å². The van der Waals surface area contributed by atoms with Gasteiger partial charge in [0.25, 0.3) is 0 Å². The zero-order valence-corrected chi connectivity index (χ0v) is 6.06. The molecule has 0 aliphatic heterocycles. The molecular formula is C3H8Cl3N. The zero-order valence-electron chi connectivity index (χ0n) is 3.73. The van der Waals surface area contributed by atoms with Gasteiger partial charge in [-0.2, -0.15) is 0 Å². The van der Waals surface area contributed by atoms with Crippen molar-refractivity contribution in [3.05, 3.63) is 0 Å². The van der Waals surface area contributed by atoms with E-state index in [9.17, 15) is 0 Å². The molecule has 0 heterocycles. The minimum Gasteiger partial charge on any atom is -0.329 e. The Labute approximate surface area is 59.6 Å². The molecule has 2 N–H and O–H groups in total. The predicted octanol–water partition coefficient (Wildman–Crippen LogP) is 1.21. The van der Waals surface area contributed by atoms with Crippen LogP contribution in [0.25, 0.3) is 0 Å². The summed E-state index contributed by atoms with van der Waals surface area (Å²) in [6, 6.07) is 0. The van der Waals surface area contributed by atoms with Crippen molar-refractivity contribution in [2.45, 2.75) is 5.38 Å². The van der Waals surface area contributed by atoms with Crippen molar-refractivity contribution in [3.8, 4) is 0 Å². The number of nitrogens with two attached hydrogens (primary N) is 1. The Morgan fingerprint density at radius 3 is 2.00 bits per heavy atom. The van der Waals surface area contributed by atoms with E-state index in [2.05, 4.69) is 0 Å². The van der Waals surface area contributed by atoms with E-state index in [-0.39, 0.29) is 17.8 Å². The Bertz CT molecular complexity index is 29.4. The van der Waals surface area contributed by atoms with Gasteiger partial charge in [-0.05, 0) is 0 Å². The molecule has 1 atom stereocenters. The maximum atomic E-state index is 5.39. The summed E-state index contributed by atoms with van der Waals surface area (Å²) in [7, 11) is 0. The predicted molar refractivity (Wildman–Crippen MR) is 36.7 cm³/mol. The Balaban J connectivity index is 0. The van der Waals surface area contributed by atoms with Gasteiger partial charge in [-0.15, -0.1) is 35.6 Å². The van der Waals surface area contributed by atoms with E-state index in [0.29, 0.717) is 12.4 Å². The fourth-order valence-electron chi connectivity index (χ4n) is 0.0630. The van der Waals surface area contributed by atoms with Crippen molar-refractivity contribution < 1.29 is 0 Å². The molecule has 1 nitrogen and oxygen atoms in total. The second-order valence-corrected chi connectivity index (χ2v) is 1.91. The number of halogens is 3. The van der Waals surface area contributed by atoms with Crippen LogP contribution in [0, 0.1) is 0 Å². The van der Waals surface area contributed by atoms with Crippen LogP contribution in [0.2, 0.25) is 0 Å². The second kappa shape index (κ2) is 6.83. The summed E-state index contributed by atoms with van der Waals surface area (Å²) in [4.78, 5) is 0. The number of hydrogen-bond donors (Lipinski definition) is 1. The molecule has 1 unspecified atom stereocenters. The Hall–Kier alpha value is 0.830. The Morgan fingerprint density at radius 1 is 1.57 bits per heavy atom. The molecule has 0 amide bonds. The molecule has 7 heavy (non-hydrogen) atoms. The molecule has 0 aromatic carbocycles. The highest BCUT2D eigenvalue weighted by molar-refractivity contribution is 6.28. The van der Waals surface area contributed by atoms with Crippen LogP contribution in [0.3, 0.4) is 0 Å². The van der Waals surface area contributed by atoms with Crippen LogP contribution in [0.5, 0.6) is 0 Å². The van der Waals surface area contributed by atoms with Crippen molar-refractivity contribution in [1.82, 2.24) is 0 Å². The summed E-state index contributed by atoms with van der Waals surface area (Å²) in [5, 5.41) is -0.0494. The summed E-state index contributed by atoms with van der Waals surface area (Å²) < 4.78 is 0. The monoisotopic (exact) mass is 163 g/mol. The van der Waals surface area contributed by atoms with Crippen LogP contribution >= 0.6 is 35.6 Å². The standard InChI is InChI=1S/C3H7Cl2N.ClH/c4-1-3(5)2-6;/h3H,1-2,6H2;1H. The van der Waals surface area contributed by atoms with Gasteiger partial charge in [-0.25, -0.2) is 0 Å². The lowest BCUT2D eigenvalue weighted by atomic mass is 10.5. The molecule has 0 fully saturated rings. The molecule has 0 saturated carbocycles. The van der Waals surface area contributed by atoms with Gasteiger partial charge in [0.2, 0.25) is 0 Å². The highest BCUT2D eigenvalue weighted by atomic mass is 35.5. The van der Waals surface area contributed by atoms with Gasteiger partial charge < -0.3 is 5.73 Å². The maximum absolute atomic E-state index is 5.39. The van der Waals surface area contributed by atoms with Crippen LogP contribution in [-0.2, 0) is 0 Å². The lowest BCUT2D eigenvalue weighted by molar-refractivity contribution is 0.948. The fraction of sp³-hybridized carbons (Fsp3) is 1.00. The first kappa shape index (κ1) is 10.7. The van der Waals surface area contributed by atoms with Gasteiger partial charge in [0.05, 0.1) is 5.38 Å². The molecule has 0 radical (unpaired) electrons. The van der Waals surface area contributed by atoms with Gasteiger partial charge in [0.15, 0.2) is 0 Å². The first-order valence-corrected chi connectivity index (χ1v) is 2.68.